The predicted molar refractivity (Wildman–Crippen MR) is 106 cm³/mol. The van der Waals surface area contributed by atoms with Crippen molar-refractivity contribution in [3.05, 3.63) is 47.5 Å². The Labute approximate surface area is 156 Å². The molecular weight excluding hydrogens is 320 g/mol. The Morgan fingerprint density at radius 2 is 1.85 bits per heavy atom. The van der Waals surface area contributed by atoms with Gasteiger partial charge in [-0.2, -0.15) is 0 Å². The van der Waals surface area contributed by atoms with E-state index in [1.54, 1.807) is 0 Å². The summed E-state index contributed by atoms with van der Waals surface area (Å²) in [6.07, 6.45) is 2.94. The van der Waals surface area contributed by atoms with Gasteiger partial charge < -0.3 is 4.74 Å². The Hall–Kier alpha value is -1.83. The number of benzene rings is 2. The average Bonchev–Trinajstić information content (AvgIpc) is 3.13. The molecule has 0 spiro atoms. The highest BCUT2D eigenvalue weighted by Gasteiger charge is 2.49. The number of fused-ring (bicyclic) bond motifs is 3. The highest BCUT2D eigenvalue weighted by Crippen LogP contribution is 2.55. The third kappa shape index (κ3) is 3.15. The van der Waals surface area contributed by atoms with Gasteiger partial charge in [0.2, 0.25) is 0 Å². The molecule has 26 heavy (non-hydrogen) atoms. The van der Waals surface area contributed by atoms with Crippen molar-refractivity contribution in [3.8, 4) is 0 Å². The van der Waals surface area contributed by atoms with E-state index >= 15 is 0 Å². The molecule has 2 bridgehead atoms. The van der Waals surface area contributed by atoms with Gasteiger partial charge in [-0.3, -0.25) is 4.79 Å². The fraction of sp³-hybridized carbons (Fsp3) is 0.542. The number of carbonyl (C=O) groups is 1. The van der Waals surface area contributed by atoms with E-state index in [-0.39, 0.29) is 12.1 Å². The zero-order chi connectivity index (χ0) is 18.4. The molecule has 2 nitrogen and oxygen atoms in total. The van der Waals surface area contributed by atoms with Crippen molar-refractivity contribution in [3.63, 3.8) is 0 Å². The van der Waals surface area contributed by atoms with Crippen LogP contribution < -0.4 is 0 Å². The van der Waals surface area contributed by atoms with Crippen LogP contribution in [0.1, 0.15) is 57.3 Å². The maximum absolute atomic E-state index is 12.5. The molecule has 0 N–H and O–H groups in total. The molecule has 0 radical (unpaired) electrons. The lowest BCUT2D eigenvalue weighted by Gasteiger charge is -2.31. The van der Waals surface area contributed by atoms with Crippen LogP contribution in [0.4, 0.5) is 0 Å². The van der Waals surface area contributed by atoms with E-state index in [0.29, 0.717) is 12.3 Å². The number of hydrogen-bond acceptors (Lipinski definition) is 2. The van der Waals surface area contributed by atoms with Crippen molar-refractivity contribution in [1.29, 1.82) is 0 Å². The topological polar surface area (TPSA) is 26.3 Å². The molecule has 2 aromatic rings. The molecule has 2 aliphatic rings. The van der Waals surface area contributed by atoms with E-state index in [1.807, 2.05) is 6.92 Å². The summed E-state index contributed by atoms with van der Waals surface area (Å²) in [5.41, 5.74) is 2.32. The highest BCUT2D eigenvalue weighted by atomic mass is 16.5. The largest absolute Gasteiger partial charge is 0.458 e. The summed E-state index contributed by atoms with van der Waals surface area (Å²) < 4.78 is 5.81. The molecule has 2 aromatic carbocycles. The van der Waals surface area contributed by atoms with Crippen LogP contribution in [0.5, 0.6) is 0 Å². The molecule has 2 heteroatoms. The van der Waals surface area contributed by atoms with Crippen LogP contribution in [0.2, 0.25) is 0 Å². The van der Waals surface area contributed by atoms with Gasteiger partial charge in [-0.25, -0.2) is 0 Å². The monoisotopic (exact) mass is 350 g/mol. The van der Waals surface area contributed by atoms with Crippen molar-refractivity contribution in [1.82, 2.24) is 0 Å². The molecular formula is C24H30O2. The molecule has 0 saturated heterocycles. The average molecular weight is 351 g/mol. The number of rotatable bonds is 4. The minimum atomic E-state index is -0.192. The maximum atomic E-state index is 12.5. The van der Waals surface area contributed by atoms with Gasteiger partial charge in [0.15, 0.2) is 0 Å². The van der Waals surface area contributed by atoms with Gasteiger partial charge in [0.1, 0.15) is 6.10 Å². The highest BCUT2D eigenvalue weighted by molar-refractivity contribution is 5.84. The van der Waals surface area contributed by atoms with Crippen molar-refractivity contribution in [2.45, 2.75) is 53.1 Å². The molecule has 0 heterocycles. The van der Waals surface area contributed by atoms with E-state index in [2.05, 4.69) is 57.2 Å². The molecule has 2 aliphatic carbocycles. The Kier molecular flexibility index (Phi) is 4.54. The molecule has 2 saturated carbocycles. The molecule has 6 atom stereocenters. The SMILES string of the molecule is Cc1ccc2ccc(C(C)OC(=O)CC3CC4CC3C(C)C4C)cc2c1. The van der Waals surface area contributed by atoms with Gasteiger partial charge in [0.25, 0.3) is 0 Å². The van der Waals surface area contributed by atoms with E-state index in [4.69, 9.17) is 4.74 Å². The summed E-state index contributed by atoms with van der Waals surface area (Å²) in [5.74, 6) is 3.64. The van der Waals surface area contributed by atoms with Gasteiger partial charge in [-0.15, -0.1) is 0 Å². The summed E-state index contributed by atoms with van der Waals surface area (Å²) in [6.45, 7) is 8.84. The van der Waals surface area contributed by atoms with Gasteiger partial charge in [0.05, 0.1) is 0 Å². The number of carbonyl (C=O) groups excluding carboxylic acids is 1. The second kappa shape index (κ2) is 6.72. The first-order chi connectivity index (χ1) is 12.4. The zero-order valence-electron chi connectivity index (χ0n) is 16.4. The van der Waals surface area contributed by atoms with Crippen molar-refractivity contribution in [2.24, 2.45) is 29.6 Å². The Balaban J connectivity index is 1.40. The summed E-state index contributed by atoms with van der Waals surface area (Å²) in [7, 11) is 0. The lowest BCUT2D eigenvalue weighted by atomic mass is 9.74. The number of ether oxygens (including phenoxy) is 1. The lowest BCUT2D eigenvalue weighted by molar-refractivity contribution is -0.150. The molecule has 6 unspecified atom stereocenters. The minimum Gasteiger partial charge on any atom is -0.458 e. The number of esters is 1. The van der Waals surface area contributed by atoms with Crippen molar-refractivity contribution < 1.29 is 9.53 Å². The third-order valence-electron chi connectivity index (χ3n) is 7.26. The minimum absolute atomic E-state index is 0.0285. The van der Waals surface area contributed by atoms with Crippen LogP contribution in [-0.2, 0) is 9.53 Å². The molecule has 2 fully saturated rings. The lowest BCUT2D eigenvalue weighted by Crippen LogP contribution is -2.26. The first-order valence-corrected chi connectivity index (χ1v) is 10.1. The predicted octanol–water partition coefficient (Wildman–Crippen LogP) is 6.07. The Morgan fingerprint density at radius 3 is 2.58 bits per heavy atom. The van der Waals surface area contributed by atoms with E-state index in [1.165, 1.54) is 29.2 Å². The van der Waals surface area contributed by atoms with Gasteiger partial charge in [0, 0.05) is 6.42 Å². The van der Waals surface area contributed by atoms with Crippen LogP contribution in [-0.4, -0.2) is 5.97 Å². The molecule has 0 amide bonds. The Bertz CT molecular complexity index is 822. The van der Waals surface area contributed by atoms with E-state index in [9.17, 15) is 4.79 Å². The number of aryl methyl sites for hydroxylation is 1. The Morgan fingerprint density at radius 1 is 1.08 bits per heavy atom. The quantitative estimate of drug-likeness (QED) is 0.625. The number of hydrogen-bond donors (Lipinski definition) is 0. The van der Waals surface area contributed by atoms with Crippen molar-refractivity contribution in [2.75, 3.05) is 0 Å². The van der Waals surface area contributed by atoms with Crippen LogP contribution in [0.25, 0.3) is 10.8 Å². The van der Waals surface area contributed by atoms with Gasteiger partial charge >= 0.3 is 5.97 Å². The van der Waals surface area contributed by atoms with Crippen LogP contribution in [0.3, 0.4) is 0 Å². The standard InChI is InChI=1S/C24H30O2/c1-14-5-6-18-7-8-19(10-21(18)9-14)17(4)26-24(25)13-22-11-20-12-23(22)16(3)15(20)2/h5-10,15-17,20,22-23H,11-13H2,1-4H3. The van der Waals surface area contributed by atoms with E-state index < -0.39 is 0 Å². The summed E-state index contributed by atoms with van der Waals surface area (Å²) in [6, 6.07) is 12.8. The third-order valence-corrected chi connectivity index (χ3v) is 7.26. The van der Waals surface area contributed by atoms with Gasteiger partial charge in [-0.05, 0) is 78.7 Å². The van der Waals surface area contributed by atoms with Crippen LogP contribution in [0.15, 0.2) is 36.4 Å². The summed E-state index contributed by atoms with van der Waals surface area (Å²) in [4.78, 5) is 12.5. The second-order valence-corrected chi connectivity index (χ2v) is 8.82. The normalized spacial score (nSPS) is 31.3. The first-order valence-electron chi connectivity index (χ1n) is 10.1. The first kappa shape index (κ1) is 17.6. The molecule has 4 rings (SSSR count). The second-order valence-electron chi connectivity index (χ2n) is 8.82. The molecule has 0 aliphatic heterocycles. The van der Waals surface area contributed by atoms with Crippen LogP contribution >= 0.6 is 0 Å². The molecule has 138 valence electrons. The fourth-order valence-corrected chi connectivity index (χ4v) is 5.49. The maximum Gasteiger partial charge on any atom is 0.306 e. The fourth-order valence-electron chi connectivity index (χ4n) is 5.49. The van der Waals surface area contributed by atoms with Gasteiger partial charge in [-0.1, -0.05) is 49.7 Å². The van der Waals surface area contributed by atoms with E-state index in [0.717, 1.165) is 29.2 Å². The van der Waals surface area contributed by atoms with Crippen molar-refractivity contribution >= 4 is 16.7 Å². The summed E-state index contributed by atoms with van der Waals surface area (Å²) in [5, 5.41) is 2.43. The zero-order valence-corrected chi connectivity index (χ0v) is 16.4. The summed E-state index contributed by atoms with van der Waals surface area (Å²) >= 11 is 0. The van der Waals surface area contributed by atoms with Crippen LogP contribution in [0, 0.1) is 36.5 Å². The molecule has 0 aromatic heterocycles. The smallest absolute Gasteiger partial charge is 0.306 e.